The van der Waals surface area contributed by atoms with Crippen LogP contribution in [-0.2, 0) is 13.5 Å². The van der Waals surface area contributed by atoms with Gasteiger partial charge in [0, 0.05) is 18.9 Å². The molecule has 0 aromatic carbocycles. The summed E-state index contributed by atoms with van der Waals surface area (Å²) in [6, 6.07) is 2.07. The number of aryl methyl sites for hydroxylation is 1. The first-order valence-electron chi connectivity index (χ1n) is 4.67. The van der Waals surface area contributed by atoms with Gasteiger partial charge in [-0.05, 0) is 18.4 Å². The molecule has 0 unspecified atom stereocenters. The summed E-state index contributed by atoms with van der Waals surface area (Å²) in [5.74, 6) is 0.718. The SMILES string of the molecule is CC.CC(C)Cc1ccnn1C. The summed E-state index contributed by atoms with van der Waals surface area (Å²) in [6.07, 6.45) is 2.97. The van der Waals surface area contributed by atoms with E-state index in [2.05, 4.69) is 25.0 Å². The Bertz CT molecular complexity index is 201. The van der Waals surface area contributed by atoms with Gasteiger partial charge in [0.25, 0.3) is 0 Å². The summed E-state index contributed by atoms with van der Waals surface area (Å²) in [7, 11) is 1.98. The van der Waals surface area contributed by atoms with Crippen LogP contribution in [0.2, 0.25) is 0 Å². The lowest BCUT2D eigenvalue weighted by Crippen LogP contribution is -2.01. The molecule has 0 N–H and O–H groups in total. The highest BCUT2D eigenvalue weighted by molar-refractivity contribution is 5.00. The molecule has 1 aromatic rings. The molecular weight excluding hydrogens is 148 g/mol. The highest BCUT2D eigenvalue weighted by Crippen LogP contribution is 2.04. The first kappa shape index (κ1) is 11.2. The molecule has 0 radical (unpaired) electrons. The smallest absolute Gasteiger partial charge is 0.0492 e. The summed E-state index contributed by atoms with van der Waals surface area (Å²) in [5, 5.41) is 4.09. The van der Waals surface area contributed by atoms with Crippen molar-refractivity contribution in [2.75, 3.05) is 0 Å². The van der Waals surface area contributed by atoms with Gasteiger partial charge in [-0.25, -0.2) is 0 Å². The van der Waals surface area contributed by atoms with Gasteiger partial charge in [0.2, 0.25) is 0 Å². The monoisotopic (exact) mass is 168 g/mol. The van der Waals surface area contributed by atoms with Crippen LogP contribution in [0.4, 0.5) is 0 Å². The van der Waals surface area contributed by atoms with Crippen LogP contribution in [0.25, 0.3) is 0 Å². The minimum atomic E-state index is 0.718. The van der Waals surface area contributed by atoms with E-state index in [1.165, 1.54) is 5.69 Å². The molecule has 1 heterocycles. The molecule has 0 aliphatic heterocycles. The van der Waals surface area contributed by atoms with Crippen molar-refractivity contribution >= 4 is 0 Å². The minimum absolute atomic E-state index is 0.718. The minimum Gasteiger partial charge on any atom is -0.273 e. The van der Waals surface area contributed by atoms with E-state index in [9.17, 15) is 0 Å². The van der Waals surface area contributed by atoms with Gasteiger partial charge >= 0.3 is 0 Å². The van der Waals surface area contributed by atoms with Crippen LogP contribution in [0.3, 0.4) is 0 Å². The lowest BCUT2D eigenvalue weighted by atomic mass is 10.1. The number of aromatic nitrogens is 2. The molecule has 0 amide bonds. The van der Waals surface area contributed by atoms with Gasteiger partial charge in [-0.2, -0.15) is 5.10 Å². The predicted molar refractivity (Wildman–Crippen MR) is 53.1 cm³/mol. The van der Waals surface area contributed by atoms with Gasteiger partial charge in [-0.15, -0.1) is 0 Å². The van der Waals surface area contributed by atoms with E-state index in [1.807, 2.05) is 31.8 Å². The van der Waals surface area contributed by atoms with Crippen LogP contribution in [0.1, 0.15) is 33.4 Å². The summed E-state index contributed by atoms with van der Waals surface area (Å²) in [6.45, 7) is 8.43. The van der Waals surface area contributed by atoms with E-state index in [1.54, 1.807) is 0 Å². The van der Waals surface area contributed by atoms with E-state index < -0.39 is 0 Å². The van der Waals surface area contributed by atoms with Gasteiger partial charge in [-0.3, -0.25) is 4.68 Å². The second kappa shape index (κ2) is 5.81. The van der Waals surface area contributed by atoms with Crippen molar-refractivity contribution in [2.24, 2.45) is 13.0 Å². The zero-order chi connectivity index (χ0) is 9.56. The first-order chi connectivity index (χ1) is 5.70. The maximum atomic E-state index is 4.09. The van der Waals surface area contributed by atoms with Crippen LogP contribution in [0.5, 0.6) is 0 Å². The molecule has 2 heteroatoms. The van der Waals surface area contributed by atoms with Gasteiger partial charge in [0.1, 0.15) is 0 Å². The topological polar surface area (TPSA) is 17.8 Å². The van der Waals surface area contributed by atoms with E-state index in [0.717, 1.165) is 12.3 Å². The molecule has 0 atom stereocenters. The zero-order valence-electron chi connectivity index (χ0n) is 8.83. The molecule has 70 valence electrons. The van der Waals surface area contributed by atoms with Crippen molar-refractivity contribution in [1.29, 1.82) is 0 Å². The van der Waals surface area contributed by atoms with E-state index in [4.69, 9.17) is 0 Å². The third kappa shape index (κ3) is 3.56. The lowest BCUT2D eigenvalue weighted by Gasteiger charge is -2.03. The van der Waals surface area contributed by atoms with Crippen LogP contribution in [-0.4, -0.2) is 9.78 Å². The molecule has 0 aliphatic rings. The molecule has 0 aliphatic carbocycles. The highest BCUT2D eigenvalue weighted by Gasteiger charge is 1.99. The van der Waals surface area contributed by atoms with E-state index in [0.29, 0.717) is 0 Å². The van der Waals surface area contributed by atoms with Gasteiger partial charge < -0.3 is 0 Å². The van der Waals surface area contributed by atoms with Crippen molar-refractivity contribution in [3.63, 3.8) is 0 Å². The molecule has 0 bridgehead atoms. The lowest BCUT2D eigenvalue weighted by molar-refractivity contribution is 0.596. The second-order valence-corrected chi connectivity index (χ2v) is 3.04. The maximum absolute atomic E-state index is 4.09. The Morgan fingerprint density at radius 2 is 2.00 bits per heavy atom. The molecule has 1 rings (SSSR count). The van der Waals surface area contributed by atoms with E-state index >= 15 is 0 Å². The number of rotatable bonds is 2. The summed E-state index contributed by atoms with van der Waals surface area (Å²) < 4.78 is 1.93. The molecule has 0 saturated heterocycles. The second-order valence-electron chi connectivity index (χ2n) is 3.04. The van der Waals surface area contributed by atoms with Gasteiger partial charge in [-0.1, -0.05) is 27.7 Å². The summed E-state index contributed by atoms with van der Waals surface area (Å²) in [4.78, 5) is 0. The van der Waals surface area contributed by atoms with Gasteiger partial charge in [0.15, 0.2) is 0 Å². The predicted octanol–water partition coefficient (Wildman–Crippen LogP) is 2.64. The number of hydrogen-bond acceptors (Lipinski definition) is 1. The van der Waals surface area contributed by atoms with Crippen molar-refractivity contribution in [2.45, 2.75) is 34.1 Å². The Morgan fingerprint density at radius 1 is 1.42 bits per heavy atom. The first-order valence-corrected chi connectivity index (χ1v) is 4.67. The van der Waals surface area contributed by atoms with Crippen molar-refractivity contribution < 1.29 is 0 Å². The highest BCUT2D eigenvalue weighted by atomic mass is 15.2. The maximum Gasteiger partial charge on any atom is 0.0492 e. The molecular formula is C10H20N2. The standard InChI is InChI=1S/C8H14N2.C2H6/c1-7(2)6-8-4-5-9-10(8)3;1-2/h4-5,7H,6H2,1-3H3;1-2H3. The Morgan fingerprint density at radius 3 is 2.33 bits per heavy atom. The average Bonchev–Trinajstić information content (AvgIpc) is 2.40. The summed E-state index contributed by atoms with van der Waals surface area (Å²) in [5.41, 5.74) is 1.31. The van der Waals surface area contributed by atoms with Crippen LogP contribution < -0.4 is 0 Å². The largest absolute Gasteiger partial charge is 0.273 e. The quantitative estimate of drug-likeness (QED) is 0.664. The molecule has 0 saturated carbocycles. The Balaban J connectivity index is 0.000000561. The Kier molecular flexibility index (Phi) is 5.43. The summed E-state index contributed by atoms with van der Waals surface area (Å²) >= 11 is 0. The zero-order valence-corrected chi connectivity index (χ0v) is 8.83. The number of nitrogens with zero attached hydrogens (tertiary/aromatic N) is 2. The van der Waals surface area contributed by atoms with Crippen molar-refractivity contribution in [3.05, 3.63) is 18.0 Å². The average molecular weight is 168 g/mol. The van der Waals surface area contributed by atoms with Crippen LogP contribution in [0, 0.1) is 5.92 Å². The Labute approximate surface area is 75.6 Å². The van der Waals surface area contributed by atoms with Crippen LogP contribution >= 0.6 is 0 Å². The number of hydrogen-bond donors (Lipinski definition) is 0. The third-order valence-corrected chi connectivity index (χ3v) is 1.54. The third-order valence-electron chi connectivity index (χ3n) is 1.54. The normalized spacial score (nSPS) is 9.50. The van der Waals surface area contributed by atoms with Crippen molar-refractivity contribution in [3.8, 4) is 0 Å². The van der Waals surface area contributed by atoms with E-state index in [-0.39, 0.29) is 0 Å². The molecule has 0 spiro atoms. The fourth-order valence-electron chi connectivity index (χ4n) is 1.02. The van der Waals surface area contributed by atoms with Crippen molar-refractivity contribution in [1.82, 2.24) is 9.78 Å². The Hall–Kier alpha value is -0.790. The fraction of sp³-hybridized carbons (Fsp3) is 0.700. The molecule has 12 heavy (non-hydrogen) atoms. The molecule has 2 nitrogen and oxygen atoms in total. The fourth-order valence-corrected chi connectivity index (χ4v) is 1.02. The molecule has 1 aromatic heterocycles. The molecule has 0 fully saturated rings. The van der Waals surface area contributed by atoms with Crippen LogP contribution in [0.15, 0.2) is 12.3 Å². The van der Waals surface area contributed by atoms with Gasteiger partial charge in [0.05, 0.1) is 0 Å².